The molecule has 0 aliphatic rings. The maximum Gasteiger partial charge on any atom is 0.405 e. The number of ether oxygens (including phenoxy) is 1. The van der Waals surface area contributed by atoms with Gasteiger partial charge in [0.1, 0.15) is 6.04 Å². The van der Waals surface area contributed by atoms with E-state index in [0.717, 1.165) is 25.7 Å². The first-order valence-corrected chi connectivity index (χ1v) is 12.5. The molecule has 4 nitrogen and oxygen atoms in total. The fourth-order valence-corrected chi connectivity index (χ4v) is 3.96. The summed E-state index contributed by atoms with van der Waals surface area (Å²) in [7, 11) is -1.95. The van der Waals surface area contributed by atoms with Crippen molar-refractivity contribution in [2.24, 2.45) is 5.92 Å². The predicted octanol–water partition coefficient (Wildman–Crippen LogP) is 6.46. The van der Waals surface area contributed by atoms with Crippen LogP contribution in [0, 0.1) is 5.92 Å². The van der Waals surface area contributed by atoms with Crippen molar-refractivity contribution >= 4 is 17.0 Å². The van der Waals surface area contributed by atoms with Crippen molar-refractivity contribution in [3.8, 4) is 0 Å². The van der Waals surface area contributed by atoms with Gasteiger partial charge in [0, 0.05) is 0 Å². The van der Waals surface area contributed by atoms with Crippen LogP contribution in [0.2, 0.25) is 0 Å². The highest BCUT2D eigenvalue weighted by atomic mass is 32.2. The van der Waals surface area contributed by atoms with Gasteiger partial charge in [-0.05, 0) is 33.6 Å². The Morgan fingerprint density at radius 3 is 1.83 bits per heavy atom. The number of esters is 1. The highest BCUT2D eigenvalue weighted by Gasteiger charge is 2.49. The minimum atomic E-state index is -4.70. The molecule has 0 aromatic heterocycles. The van der Waals surface area contributed by atoms with Gasteiger partial charge in [0.2, 0.25) is 0 Å². The maximum atomic E-state index is 13.8. The van der Waals surface area contributed by atoms with E-state index >= 15 is 0 Å². The topological polar surface area (TPSA) is 55.4 Å². The third-order valence-corrected chi connectivity index (χ3v) is 6.50. The fourth-order valence-electron chi connectivity index (χ4n) is 3.07. The first-order chi connectivity index (χ1) is 13.9. The van der Waals surface area contributed by atoms with E-state index in [-0.39, 0.29) is 13.0 Å². The first kappa shape index (κ1) is 29.4. The molecular weight excluding hydrogens is 415 g/mol. The molecule has 180 valence electrons. The number of rotatable bonds is 16. The first-order valence-electron chi connectivity index (χ1n) is 11.4. The Morgan fingerprint density at radius 1 is 0.900 bits per heavy atom. The van der Waals surface area contributed by atoms with Gasteiger partial charge in [-0.3, -0.25) is 4.79 Å². The molecule has 3 atom stereocenters. The summed E-state index contributed by atoms with van der Waals surface area (Å²) in [5.74, 6) is -2.26. The van der Waals surface area contributed by atoms with E-state index < -0.39 is 39.8 Å². The number of hydrogen-bond acceptors (Lipinski definition) is 3. The largest absolute Gasteiger partial charge is 0.465 e. The van der Waals surface area contributed by atoms with Crippen LogP contribution in [0.15, 0.2) is 0 Å². The summed E-state index contributed by atoms with van der Waals surface area (Å²) in [5.41, 5.74) is 0. The second-order valence-corrected chi connectivity index (χ2v) is 10.9. The molecule has 0 heterocycles. The average Bonchev–Trinajstić information content (AvgIpc) is 2.64. The van der Waals surface area contributed by atoms with E-state index in [0.29, 0.717) is 12.8 Å². The van der Waals surface area contributed by atoms with Crippen LogP contribution in [0.3, 0.4) is 0 Å². The van der Waals surface area contributed by atoms with Crippen LogP contribution >= 0.6 is 0 Å². The highest BCUT2D eigenvalue weighted by Crippen LogP contribution is 2.31. The summed E-state index contributed by atoms with van der Waals surface area (Å²) < 4.78 is 60.0. The molecule has 0 aromatic rings. The monoisotopic (exact) mass is 457 g/mol. The Hall–Kier alpha value is -0.630. The molecule has 0 unspecified atom stereocenters. The minimum absolute atomic E-state index is 0.0664. The van der Waals surface area contributed by atoms with Gasteiger partial charge in [0.25, 0.3) is 0 Å². The van der Waals surface area contributed by atoms with Crippen molar-refractivity contribution in [1.82, 2.24) is 4.72 Å². The van der Waals surface area contributed by atoms with Gasteiger partial charge in [-0.25, -0.2) is 8.93 Å². The Labute approximate surface area is 183 Å². The van der Waals surface area contributed by atoms with Crippen LogP contribution in [-0.2, 0) is 20.5 Å². The van der Waals surface area contributed by atoms with Crippen LogP contribution < -0.4 is 4.72 Å². The van der Waals surface area contributed by atoms with Crippen LogP contribution in [0.25, 0.3) is 0 Å². The van der Waals surface area contributed by atoms with Gasteiger partial charge < -0.3 is 4.74 Å². The zero-order valence-electron chi connectivity index (χ0n) is 19.4. The smallest absolute Gasteiger partial charge is 0.405 e. The molecule has 30 heavy (non-hydrogen) atoms. The van der Waals surface area contributed by atoms with E-state index in [1.807, 2.05) is 0 Å². The number of nitrogens with one attached hydrogen (secondary N) is 1. The van der Waals surface area contributed by atoms with Gasteiger partial charge in [-0.2, -0.15) is 13.2 Å². The number of hydrogen-bond donors (Lipinski definition) is 1. The molecule has 0 bridgehead atoms. The highest BCUT2D eigenvalue weighted by molar-refractivity contribution is 7.84. The summed E-state index contributed by atoms with van der Waals surface area (Å²) >= 11 is 0. The lowest BCUT2D eigenvalue weighted by Gasteiger charge is -2.30. The molecule has 8 heteroatoms. The molecule has 1 N–H and O–H groups in total. The lowest BCUT2D eigenvalue weighted by Crippen LogP contribution is -2.53. The molecule has 0 spiro atoms. The van der Waals surface area contributed by atoms with Gasteiger partial charge in [-0.1, -0.05) is 71.6 Å². The third-order valence-electron chi connectivity index (χ3n) is 4.92. The normalized spacial score (nSPS) is 15.6. The molecular formula is C22H42F3NO3S. The summed E-state index contributed by atoms with van der Waals surface area (Å²) in [6.45, 7) is 8.82. The zero-order valence-corrected chi connectivity index (χ0v) is 20.2. The van der Waals surface area contributed by atoms with Crippen LogP contribution in [0.4, 0.5) is 13.2 Å². The SMILES string of the molecule is CCCCCCCCCCC[C@@H](C(=O)OCCC)[C@@H](N[S@](=O)C(C)(C)C)C(F)(F)F. The summed E-state index contributed by atoms with van der Waals surface area (Å²) in [5, 5.41) is 0. The molecule has 0 rings (SSSR count). The Morgan fingerprint density at radius 2 is 1.40 bits per heavy atom. The molecule has 0 fully saturated rings. The van der Waals surface area contributed by atoms with E-state index in [9.17, 15) is 22.2 Å². The maximum absolute atomic E-state index is 13.8. The Kier molecular flexibility index (Phi) is 14.9. The summed E-state index contributed by atoms with van der Waals surface area (Å²) in [4.78, 5) is 12.4. The number of halogens is 3. The van der Waals surface area contributed by atoms with Crippen LogP contribution in [0.5, 0.6) is 0 Å². The van der Waals surface area contributed by atoms with Crippen molar-refractivity contribution < 1.29 is 26.9 Å². The van der Waals surface area contributed by atoms with Crippen molar-refractivity contribution in [3.63, 3.8) is 0 Å². The number of carbonyl (C=O) groups is 1. The number of carbonyl (C=O) groups excluding carboxylic acids is 1. The molecule has 0 radical (unpaired) electrons. The van der Waals surface area contributed by atoms with Gasteiger partial charge in [0.15, 0.2) is 0 Å². The number of alkyl halides is 3. The molecule has 0 aliphatic carbocycles. The fraction of sp³-hybridized carbons (Fsp3) is 0.955. The van der Waals surface area contributed by atoms with Crippen LogP contribution in [0.1, 0.15) is 105 Å². The second-order valence-electron chi connectivity index (χ2n) is 8.91. The number of unbranched alkanes of at least 4 members (excludes halogenated alkanes) is 8. The average molecular weight is 458 g/mol. The molecule has 0 aliphatic heterocycles. The quantitative estimate of drug-likeness (QED) is 0.214. The van der Waals surface area contributed by atoms with Gasteiger partial charge in [0.05, 0.1) is 28.3 Å². The molecule has 0 aromatic carbocycles. The van der Waals surface area contributed by atoms with Gasteiger partial charge >= 0.3 is 12.1 Å². The van der Waals surface area contributed by atoms with Crippen molar-refractivity contribution in [1.29, 1.82) is 0 Å². The lowest BCUT2D eigenvalue weighted by atomic mass is 9.93. The van der Waals surface area contributed by atoms with E-state index in [1.54, 1.807) is 27.7 Å². The third kappa shape index (κ3) is 12.9. The zero-order chi connectivity index (χ0) is 23.2. The predicted molar refractivity (Wildman–Crippen MR) is 117 cm³/mol. The van der Waals surface area contributed by atoms with E-state index in [1.165, 1.54) is 25.7 Å². The Balaban J connectivity index is 4.93. The second kappa shape index (κ2) is 15.2. The van der Waals surface area contributed by atoms with E-state index in [2.05, 4.69) is 11.6 Å². The Bertz CT molecular complexity index is 493. The molecule has 0 saturated carbocycles. The standard InChI is InChI=1S/C22H42F3NO3S/c1-6-8-9-10-11-12-13-14-15-16-18(20(27)29-17-7-2)19(22(23,24)25)26-30(28)21(3,4)5/h18-19,26H,6-17H2,1-5H3/t18-,19-,30-/m1/s1. The molecule has 0 saturated heterocycles. The summed E-state index contributed by atoms with van der Waals surface area (Å²) in [6.07, 6.45) is 5.19. The van der Waals surface area contributed by atoms with Crippen molar-refractivity contribution in [3.05, 3.63) is 0 Å². The van der Waals surface area contributed by atoms with Crippen molar-refractivity contribution in [2.75, 3.05) is 6.61 Å². The molecule has 0 amide bonds. The lowest BCUT2D eigenvalue weighted by molar-refractivity contribution is -0.179. The summed E-state index contributed by atoms with van der Waals surface area (Å²) in [6, 6.07) is -2.18. The van der Waals surface area contributed by atoms with E-state index in [4.69, 9.17) is 4.74 Å². The minimum Gasteiger partial charge on any atom is -0.465 e. The van der Waals surface area contributed by atoms with Crippen molar-refractivity contribution in [2.45, 2.75) is 122 Å². The van der Waals surface area contributed by atoms with Gasteiger partial charge in [-0.15, -0.1) is 0 Å². The van der Waals surface area contributed by atoms with Crippen LogP contribution in [-0.4, -0.2) is 33.8 Å².